The lowest BCUT2D eigenvalue weighted by Gasteiger charge is -2.11. The summed E-state index contributed by atoms with van der Waals surface area (Å²) in [6, 6.07) is 13.5. The van der Waals surface area contributed by atoms with Gasteiger partial charge in [-0.25, -0.2) is 9.67 Å². The maximum atomic E-state index is 12.8. The summed E-state index contributed by atoms with van der Waals surface area (Å²) < 4.78 is 6.56. The van der Waals surface area contributed by atoms with Crippen LogP contribution < -0.4 is 16.2 Å². The summed E-state index contributed by atoms with van der Waals surface area (Å²) in [6.07, 6.45) is 4.13. The fourth-order valence-electron chi connectivity index (χ4n) is 3.09. The van der Waals surface area contributed by atoms with Crippen molar-refractivity contribution in [3.8, 4) is 5.69 Å². The normalized spacial score (nSPS) is 10.9. The fraction of sp³-hybridized carbons (Fsp3) is 0. The zero-order chi connectivity index (χ0) is 22.1. The molecular formula is C21H14N6O4S. The topological polar surface area (TPSA) is 135 Å². The predicted octanol–water partition coefficient (Wildman–Crippen LogP) is 3.27. The number of benzene rings is 1. The van der Waals surface area contributed by atoms with E-state index >= 15 is 0 Å². The second kappa shape index (κ2) is 7.96. The number of hydrogen-bond donors (Lipinski definition) is 3. The Morgan fingerprint density at radius 3 is 2.75 bits per heavy atom. The Labute approximate surface area is 183 Å². The van der Waals surface area contributed by atoms with Crippen LogP contribution in [0.3, 0.4) is 0 Å². The van der Waals surface area contributed by atoms with E-state index in [9.17, 15) is 14.4 Å². The average Bonchev–Trinajstić information content (AvgIpc) is 3.55. The molecular weight excluding hydrogens is 432 g/mol. The maximum absolute atomic E-state index is 12.8. The van der Waals surface area contributed by atoms with E-state index in [-0.39, 0.29) is 17.2 Å². The molecule has 0 unspecified atom stereocenters. The first-order chi connectivity index (χ1) is 15.6. The number of aromatic amines is 1. The van der Waals surface area contributed by atoms with E-state index in [0.717, 1.165) is 11.3 Å². The van der Waals surface area contributed by atoms with E-state index in [1.165, 1.54) is 23.5 Å². The number of fused-ring (bicyclic) bond motifs is 1. The van der Waals surface area contributed by atoms with Gasteiger partial charge in [0.05, 0.1) is 40.0 Å². The van der Waals surface area contributed by atoms with Crippen LogP contribution in [0, 0.1) is 0 Å². The molecule has 5 rings (SSSR count). The molecule has 0 aliphatic rings. The van der Waals surface area contributed by atoms with Crippen molar-refractivity contribution in [2.24, 2.45) is 0 Å². The number of para-hydroxylation sites is 2. The predicted molar refractivity (Wildman–Crippen MR) is 118 cm³/mol. The van der Waals surface area contributed by atoms with E-state index in [4.69, 9.17) is 4.42 Å². The van der Waals surface area contributed by atoms with Crippen LogP contribution in [0.5, 0.6) is 0 Å². The van der Waals surface area contributed by atoms with Gasteiger partial charge < -0.3 is 20.0 Å². The highest BCUT2D eigenvalue weighted by molar-refractivity contribution is 7.18. The summed E-state index contributed by atoms with van der Waals surface area (Å²) in [5.41, 5.74) is 1.11. The molecule has 11 heteroatoms. The second-order valence-corrected chi connectivity index (χ2v) is 7.68. The highest BCUT2D eigenvalue weighted by Crippen LogP contribution is 2.26. The lowest BCUT2D eigenvalue weighted by atomic mass is 10.2. The van der Waals surface area contributed by atoms with Crippen LogP contribution in [0.1, 0.15) is 20.2 Å². The Morgan fingerprint density at radius 1 is 1.03 bits per heavy atom. The highest BCUT2D eigenvalue weighted by atomic mass is 32.1. The van der Waals surface area contributed by atoms with Gasteiger partial charge in [0.2, 0.25) is 0 Å². The van der Waals surface area contributed by atoms with Gasteiger partial charge in [-0.15, -0.1) is 11.3 Å². The van der Waals surface area contributed by atoms with Gasteiger partial charge in [0, 0.05) is 0 Å². The minimum Gasteiger partial charge on any atom is -0.459 e. The summed E-state index contributed by atoms with van der Waals surface area (Å²) in [6.45, 7) is 0. The molecule has 0 aliphatic carbocycles. The molecule has 10 nitrogen and oxygen atoms in total. The number of nitrogens with zero attached hydrogens (tertiary/aromatic N) is 3. The van der Waals surface area contributed by atoms with E-state index < -0.39 is 5.91 Å². The smallest absolute Gasteiger partial charge is 0.291 e. The van der Waals surface area contributed by atoms with Crippen molar-refractivity contribution in [2.45, 2.75) is 0 Å². The zero-order valence-corrected chi connectivity index (χ0v) is 17.1. The molecule has 2 amide bonds. The summed E-state index contributed by atoms with van der Waals surface area (Å²) in [5, 5.41) is 10.6. The third-order valence-electron chi connectivity index (χ3n) is 4.56. The van der Waals surface area contributed by atoms with Gasteiger partial charge in [-0.05, 0) is 36.4 Å². The van der Waals surface area contributed by atoms with Gasteiger partial charge >= 0.3 is 0 Å². The van der Waals surface area contributed by atoms with Crippen LogP contribution in [0.2, 0.25) is 0 Å². The molecule has 158 valence electrons. The number of anilines is 2. The van der Waals surface area contributed by atoms with Crippen molar-refractivity contribution in [2.75, 3.05) is 10.6 Å². The maximum Gasteiger partial charge on any atom is 0.291 e. The molecule has 0 fully saturated rings. The molecule has 1 aromatic carbocycles. The number of carbonyl (C=O) groups excluding carboxylic acids is 2. The molecule has 4 heterocycles. The third kappa shape index (κ3) is 3.56. The Balaban J connectivity index is 1.39. The quantitative estimate of drug-likeness (QED) is 0.379. The van der Waals surface area contributed by atoms with Gasteiger partial charge in [0.15, 0.2) is 11.4 Å². The van der Waals surface area contributed by atoms with Crippen molar-refractivity contribution in [3.63, 3.8) is 0 Å². The van der Waals surface area contributed by atoms with Crippen LogP contribution in [-0.2, 0) is 0 Å². The van der Waals surface area contributed by atoms with E-state index in [0.29, 0.717) is 32.3 Å². The Morgan fingerprint density at radius 2 is 1.91 bits per heavy atom. The number of amides is 2. The largest absolute Gasteiger partial charge is 0.459 e. The Bertz CT molecular complexity index is 1500. The number of rotatable bonds is 5. The van der Waals surface area contributed by atoms with E-state index in [1.54, 1.807) is 48.5 Å². The van der Waals surface area contributed by atoms with Crippen LogP contribution in [0.15, 0.2) is 76.5 Å². The molecule has 0 radical (unpaired) electrons. The van der Waals surface area contributed by atoms with E-state index in [2.05, 4.69) is 25.7 Å². The molecule has 0 saturated carbocycles. The van der Waals surface area contributed by atoms with Crippen molar-refractivity contribution < 1.29 is 14.0 Å². The van der Waals surface area contributed by atoms with Gasteiger partial charge in [-0.2, -0.15) is 5.10 Å². The summed E-state index contributed by atoms with van der Waals surface area (Å²) in [5.74, 6) is -0.581. The first kappa shape index (κ1) is 19.5. The summed E-state index contributed by atoms with van der Waals surface area (Å²) in [4.78, 5) is 44.0. The van der Waals surface area contributed by atoms with E-state index in [1.807, 2.05) is 0 Å². The minimum absolute atomic E-state index is 0.178. The SMILES string of the molecule is O=C(Nc1ccc(C(=O)Nc2ccccc2-n2ncc3c(=O)[nH]cnc32)s1)c1ccco1. The first-order valence-corrected chi connectivity index (χ1v) is 10.2. The number of H-pyrrole nitrogens is 1. The molecule has 0 saturated heterocycles. The number of thiophene rings is 1. The molecule has 4 aromatic heterocycles. The lowest BCUT2D eigenvalue weighted by Crippen LogP contribution is -2.13. The molecule has 0 atom stereocenters. The Kier molecular flexibility index (Phi) is 4.84. The van der Waals surface area contributed by atoms with Gasteiger partial charge in [0.25, 0.3) is 17.4 Å². The molecule has 0 bridgehead atoms. The molecule has 0 aliphatic heterocycles. The molecule has 5 aromatic rings. The minimum atomic E-state index is -0.401. The van der Waals surface area contributed by atoms with Crippen molar-refractivity contribution in [1.82, 2.24) is 19.7 Å². The number of carbonyl (C=O) groups is 2. The molecule has 32 heavy (non-hydrogen) atoms. The van der Waals surface area contributed by atoms with Crippen LogP contribution in [0.25, 0.3) is 16.7 Å². The Hall–Kier alpha value is -4.51. The second-order valence-electron chi connectivity index (χ2n) is 6.59. The summed E-state index contributed by atoms with van der Waals surface area (Å²) in [7, 11) is 0. The van der Waals surface area contributed by atoms with Crippen LogP contribution in [0.4, 0.5) is 10.7 Å². The summed E-state index contributed by atoms with van der Waals surface area (Å²) >= 11 is 1.13. The monoisotopic (exact) mass is 446 g/mol. The number of furan rings is 1. The third-order valence-corrected chi connectivity index (χ3v) is 5.56. The van der Waals surface area contributed by atoms with Gasteiger partial charge in [-0.3, -0.25) is 14.4 Å². The number of hydrogen-bond acceptors (Lipinski definition) is 7. The molecule has 0 spiro atoms. The lowest BCUT2D eigenvalue weighted by molar-refractivity contribution is 0.0995. The van der Waals surface area contributed by atoms with Gasteiger partial charge in [-0.1, -0.05) is 12.1 Å². The fourth-order valence-corrected chi connectivity index (χ4v) is 3.89. The van der Waals surface area contributed by atoms with Gasteiger partial charge in [0.1, 0.15) is 5.39 Å². The zero-order valence-electron chi connectivity index (χ0n) is 16.2. The van der Waals surface area contributed by atoms with Crippen molar-refractivity contribution in [1.29, 1.82) is 0 Å². The first-order valence-electron chi connectivity index (χ1n) is 9.37. The number of aromatic nitrogens is 4. The molecule has 3 N–H and O–H groups in total. The highest BCUT2D eigenvalue weighted by Gasteiger charge is 2.17. The number of nitrogens with one attached hydrogen (secondary N) is 3. The van der Waals surface area contributed by atoms with Crippen molar-refractivity contribution >= 4 is 44.9 Å². The standard InChI is InChI=1S/C21H14N6O4S/c28-19-12-10-24-27(18(12)22-11-23-19)14-5-2-1-4-13(14)25-21(30)16-7-8-17(32-16)26-20(29)15-6-3-9-31-15/h1-11H,(H,25,30)(H,26,29)(H,22,23,28). The van der Waals surface area contributed by atoms with Crippen LogP contribution >= 0.6 is 11.3 Å². The van der Waals surface area contributed by atoms with Crippen LogP contribution in [-0.4, -0.2) is 31.6 Å². The van der Waals surface area contributed by atoms with Crippen molar-refractivity contribution in [3.05, 3.63) is 88.3 Å². The average molecular weight is 446 g/mol.